The van der Waals surface area contributed by atoms with E-state index in [2.05, 4.69) is 0 Å². The van der Waals surface area contributed by atoms with Crippen LogP contribution in [0.3, 0.4) is 0 Å². The highest BCUT2D eigenvalue weighted by atomic mass is 32.2. The van der Waals surface area contributed by atoms with Crippen LogP contribution in [-0.4, -0.2) is 25.9 Å². The van der Waals surface area contributed by atoms with Crippen LogP contribution in [0.15, 0.2) is 28.0 Å². The largest absolute Gasteiger partial charge is 0.399 e. The normalized spacial score (nSPS) is 12.7. The molecule has 0 aromatic heterocycles. The summed E-state index contributed by atoms with van der Waals surface area (Å²) < 4.78 is 60.0. The summed E-state index contributed by atoms with van der Waals surface area (Å²) >= 11 is 0. The van der Waals surface area contributed by atoms with E-state index >= 15 is 0 Å². The molecule has 0 aliphatic rings. The van der Waals surface area contributed by atoms with Crippen LogP contribution in [0.25, 0.3) is 0 Å². The second-order valence-corrected chi connectivity index (χ2v) is 5.53. The van der Waals surface area contributed by atoms with Crippen LogP contribution >= 0.6 is 0 Å². The molecule has 0 unspecified atom stereocenters. The molecule has 1 rings (SSSR count). The number of nitrogens with two attached hydrogens (primary N) is 1. The average Bonchev–Trinajstić information content (AvgIpc) is 1.99. The van der Waals surface area contributed by atoms with Gasteiger partial charge >= 0.3 is 0 Å². The van der Waals surface area contributed by atoms with Gasteiger partial charge in [0.25, 0.3) is 20.2 Å². The van der Waals surface area contributed by atoms with E-state index in [1.165, 1.54) is 0 Å². The van der Waals surface area contributed by atoms with E-state index in [0.717, 1.165) is 12.1 Å². The summed E-state index contributed by atoms with van der Waals surface area (Å²) in [6.07, 6.45) is 0. The van der Waals surface area contributed by atoms with Gasteiger partial charge < -0.3 is 5.73 Å². The Balaban J connectivity index is 3.57. The van der Waals surface area contributed by atoms with Crippen LogP contribution < -0.4 is 5.73 Å². The highest BCUT2D eigenvalue weighted by Gasteiger charge is 2.17. The first kappa shape index (κ1) is 11.9. The van der Waals surface area contributed by atoms with Crippen molar-refractivity contribution in [3.63, 3.8) is 0 Å². The summed E-state index contributed by atoms with van der Waals surface area (Å²) in [5.74, 6) is 0. The summed E-state index contributed by atoms with van der Waals surface area (Å²) in [5.41, 5.74) is 4.99. The Morgan fingerprint density at radius 1 is 0.867 bits per heavy atom. The Hall–Kier alpha value is -1.16. The standard InChI is InChI=1S/C6H7NO6S2/c7-4-1-5(14(8,9)10)3-6(2-4)15(11,12)13/h1-3H,7H2,(H,8,9,10)(H,11,12,13). The molecule has 0 aliphatic heterocycles. The third kappa shape index (κ3) is 2.89. The molecular weight excluding hydrogens is 246 g/mol. The fourth-order valence-corrected chi connectivity index (χ4v) is 2.09. The SMILES string of the molecule is Nc1cc(S(=O)(=O)O)cc(S(=O)(=O)O)c1. The molecule has 1 aromatic rings. The Labute approximate surface area is 86.0 Å². The second-order valence-electron chi connectivity index (χ2n) is 2.69. The predicted molar refractivity (Wildman–Crippen MR) is 50.5 cm³/mol. The molecule has 0 aliphatic carbocycles. The molecule has 0 bridgehead atoms. The average molecular weight is 253 g/mol. The minimum atomic E-state index is -4.56. The summed E-state index contributed by atoms with van der Waals surface area (Å²) in [4.78, 5) is -1.40. The molecule has 0 heterocycles. The van der Waals surface area contributed by atoms with Crippen LogP contribution in [0.5, 0.6) is 0 Å². The van der Waals surface area contributed by atoms with E-state index in [-0.39, 0.29) is 5.69 Å². The Bertz CT molecular complexity index is 538. The monoisotopic (exact) mass is 253 g/mol. The molecular formula is C6H7NO6S2. The first-order chi connectivity index (χ1) is 6.60. The van der Waals surface area contributed by atoms with Gasteiger partial charge in [-0.2, -0.15) is 16.8 Å². The molecule has 0 saturated carbocycles. The number of anilines is 1. The highest BCUT2D eigenvalue weighted by Crippen LogP contribution is 2.19. The third-order valence-electron chi connectivity index (χ3n) is 1.50. The first-order valence-electron chi connectivity index (χ1n) is 3.46. The van der Waals surface area contributed by atoms with Crippen molar-refractivity contribution in [2.75, 3.05) is 5.73 Å². The molecule has 15 heavy (non-hydrogen) atoms. The molecule has 0 amide bonds. The van der Waals surface area contributed by atoms with Gasteiger partial charge in [0.2, 0.25) is 0 Å². The fourth-order valence-electron chi connectivity index (χ4n) is 0.892. The molecule has 84 valence electrons. The van der Waals surface area contributed by atoms with Gasteiger partial charge in [0.05, 0.1) is 9.79 Å². The van der Waals surface area contributed by atoms with Gasteiger partial charge in [-0.25, -0.2) is 0 Å². The molecule has 9 heteroatoms. The summed E-state index contributed by atoms with van der Waals surface area (Å²) in [6, 6.07) is 2.33. The number of rotatable bonds is 2. The number of hydrogen-bond acceptors (Lipinski definition) is 5. The minimum absolute atomic E-state index is 0.210. The molecule has 1 aromatic carbocycles. The van der Waals surface area contributed by atoms with E-state index in [9.17, 15) is 16.8 Å². The van der Waals surface area contributed by atoms with Crippen molar-refractivity contribution >= 4 is 25.9 Å². The van der Waals surface area contributed by atoms with Crippen molar-refractivity contribution in [1.29, 1.82) is 0 Å². The quantitative estimate of drug-likeness (QED) is 0.489. The third-order valence-corrected chi connectivity index (χ3v) is 3.16. The van der Waals surface area contributed by atoms with Gasteiger partial charge in [-0.15, -0.1) is 0 Å². The zero-order valence-electron chi connectivity index (χ0n) is 7.15. The van der Waals surface area contributed by atoms with Crippen molar-refractivity contribution in [2.45, 2.75) is 9.79 Å². The van der Waals surface area contributed by atoms with Gasteiger partial charge in [0.1, 0.15) is 0 Å². The molecule has 7 nitrogen and oxygen atoms in total. The molecule has 0 fully saturated rings. The van der Waals surface area contributed by atoms with Crippen molar-refractivity contribution in [1.82, 2.24) is 0 Å². The Kier molecular flexibility index (Phi) is 2.74. The minimum Gasteiger partial charge on any atom is -0.399 e. The van der Waals surface area contributed by atoms with Crippen LogP contribution in [0.4, 0.5) is 5.69 Å². The predicted octanol–water partition coefficient (Wildman–Crippen LogP) is -0.238. The van der Waals surface area contributed by atoms with Crippen LogP contribution in [0.1, 0.15) is 0 Å². The highest BCUT2D eigenvalue weighted by molar-refractivity contribution is 7.86. The van der Waals surface area contributed by atoms with Gasteiger partial charge in [-0.1, -0.05) is 0 Å². The van der Waals surface area contributed by atoms with Crippen molar-refractivity contribution in [3.8, 4) is 0 Å². The van der Waals surface area contributed by atoms with Gasteiger partial charge in [-0.3, -0.25) is 9.11 Å². The lowest BCUT2D eigenvalue weighted by molar-refractivity contribution is 0.481. The Morgan fingerprint density at radius 2 is 1.20 bits per heavy atom. The van der Waals surface area contributed by atoms with Gasteiger partial charge in [0, 0.05) is 5.69 Å². The van der Waals surface area contributed by atoms with Crippen LogP contribution in [0.2, 0.25) is 0 Å². The smallest absolute Gasteiger partial charge is 0.294 e. The molecule has 0 spiro atoms. The zero-order valence-corrected chi connectivity index (χ0v) is 8.79. The van der Waals surface area contributed by atoms with Crippen molar-refractivity contribution < 1.29 is 25.9 Å². The van der Waals surface area contributed by atoms with Gasteiger partial charge in [-0.05, 0) is 18.2 Å². The van der Waals surface area contributed by atoms with E-state index in [1.54, 1.807) is 0 Å². The maximum absolute atomic E-state index is 10.7. The summed E-state index contributed by atoms with van der Waals surface area (Å²) in [6.45, 7) is 0. The zero-order chi connectivity index (χ0) is 11.9. The second kappa shape index (κ2) is 3.45. The lowest BCUT2D eigenvalue weighted by Crippen LogP contribution is -2.04. The van der Waals surface area contributed by atoms with Gasteiger partial charge in [0.15, 0.2) is 0 Å². The number of benzene rings is 1. The Morgan fingerprint density at radius 3 is 1.47 bits per heavy atom. The summed E-state index contributed by atoms with van der Waals surface area (Å²) in [5, 5.41) is 0. The van der Waals surface area contributed by atoms with E-state index in [1.807, 2.05) is 0 Å². The van der Waals surface area contributed by atoms with E-state index in [0.29, 0.717) is 6.07 Å². The van der Waals surface area contributed by atoms with E-state index < -0.39 is 30.0 Å². The van der Waals surface area contributed by atoms with Crippen molar-refractivity contribution in [3.05, 3.63) is 18.2 Å². The molecule has 0 saturated heterocycles. The topological polar surface area (TPSA) is 135 Å². The summed E-state index contributed by atoms with van der Waals surface area (Å²) in [7, 11) is -9.13. The van der Waals surface area contributed by atoms with Crippen molar-refractivity contribution in [2.24, 2.45) is 0 Å². The number of nitrogen functional groups attached to an aromatic ring is 1. The molecule has 0 atom stereocenters. The lowest BCUT2D eigenvalue weighted by Gasteiger charge is -2.02. The maximum atomic E-state index is 10.7. The first-order valence-corrected chi connectivity index (χ1v) is 6.34. The number of hydrogen-bond donors (Lipinski definition) is 3. The molecule has 4 N–H and O–H groups in total. The fraction of sp³-hybridized carbons (Fsp3) is 0. The van der Waals surface area contributed by atoms with Crippen LogP contribution in [0, 0.1) is 0 Å². The maximum Gasteiger partial charge on any atom is 0.294 e. The van der Waals surface area contributed by atoms with Crippen LogP contribution in [-0.2, 0) is 20.2 Å². The lowest BCUT2D eigenvalue weighted by atomic mass is 10.3. The molecule has 0 radical (unpaired) electrons. The van der Waals surface area contributed by atoms with E-state index in [4.69, 9.17) is 14.8 Å².